The number of aldehydes is 1. The van der Waals surface area contributed by atoms with Crippen LogP contribution in [0.5, 0.6) is 0 Å². The zero-order valence-corrected chi connectivity index (χ0v) is 10.1. The van der Waals surface area contributed by atoms with E-state index in [2.05, 4.69) is 10.9 Å². The molecule has 98 valence electrons. The minimum absolute atomic E-state index is 0.298. The van der Waals surface area contributed by atoms with Crippen LogP contribution in [0.15, 0.2) is 0 Å². The summed E-state index contributed by atoms with van der Waals surface area (Å²) in [5.74, 6) is 0. The van der Waals surface area contributed by atoms with Crippen molar-refractivity contribution >= 4 is 6.29 Å². The number of carbonyl (C=O) groups excluding carboxylic acids is 1. The van der Waals surface area contributed by atoms with Crippen molar-refractivity contribution in [3.63, 3.8) is 0 Å². The van der Waals surface area contributed by atoms with E-state index in [0.717, 1.165) is 25.8 Å². The Balaban J connectivity index is 1.89. The van der Waals surface area contributed by atoms with Crippen molar-refractivity contribution in [1.29, 1.82) is 0 Å². The molecule has 2 heterocycles. The predicted octanol–water partition coefficient (Wildman–Crippen LogP) is -0.519. The standard InChI is InChI=1S/C11H20FN3O2/c1-17-10-2-5-15(6-9(10)12)7-11(8-16)3-4-13-14-11/h8-10,13-14H,2-7H2,1H3/t9-,10+,11?/m1/s1. The third kappa shape index (κ3) is 2.82. The molecule has 2 saturated heterocycles. The lowest BCUT2D eigenvalue weighted by Gasteiger charge is -2.37. The summed E-state index contributed by atoms with van der Waals surface area (Å²) in [5, 5.41) is 0. The van der Waals surface area contributed by atoms with Gasteiger partial charge in [-0.15, -0.1) is 0 Å². The van der Waals surface area contributed by atoms with Crippen molar-refractivity contribution in [3.05, 3.63) is 0 Å². The molecule has 17 heavy (non-hydrogen) atoms. The summed E-state index contributed by atoms with van der Waals surface area (Å²) in [6.07, 6.45) is 1.10. The number of hydrogen-bond acceptors (Lipinski definition) is 5. The topological polar surface area (TPSA) is 53.6 Å². The van der Waals surface area contributed by atoms with Crippen LogP contribution in [-0.4, -0.2) is 62.3 Å². The number of rotatable bonds is 4. The van der Waals surface area contributed by atoms with Crippen molar-refractivity contribution in [2.24, 2.45) is 0 Å². The number of hydrogen-bond donors (Lipinski definition) is 2. The average molecular weight is 245 g/mol. The maximum atomic E-state index is 13.7. The minimum Gasteiger partial charge on any atom is -0.378 e. The highest BCUT2D eigenvalue weighted by Gasteiger charge is 2.38. The zero-order valence-electron chi connectivity index (χ0n) is 10.1. The van der Waals surface area contributed by atoms with Gasteiger partial charge in [0.15, 0.2) is 0 Å². The minimum atomic E-state index is -0.966. The first-order valence-corrected chi connectivity index (χ1v) is 6.05. The zero-order chi connectivity index (χ0) is 12.3. The molecule has 1 unspecified atom stereocenters. The van der Waals surface area contributed by atoms with Gasteiger partial charge in [-0.25, -0.2) is 9.82 Å². The normalized spacial score (nSPS) is 39.4. The molecular formula is C11H20FN3O2. The monoisotopic (exact) mass is 245 g/mol. The summed E-state index contributed by atoms with van der Waals surface area (Å²) in [5.41, 5.74) is 5.40. The van der Waals surface area contributed by atoms with Crippen LogP contribution in [0, 0.1) is 0 Å². The first kappa shape index (κ1) is 12.9. The molecule has 2 aliphatic rings. The lowest BCUT2D eigenvalue weighted by molar-refractivity contribution is -0.114. The average Bonchev–Trinajstić information content (AvgIpc) is 2.79. The van der Waals surface area contributed by atoms with Gasteiger partial charge in [-0.05, 0) is 12.8 Å². The van der Waals surface area contributed by atoms with Gasteiger partial charge in [0.25, 0.3) is 0 Å². The van der Waals surface area contributed by atoms with Gasteiger partial charge >= 0.3 is 0 Å². The van der Waals surface area contributed by atoms with Gasteiger partial charge in [0.1, 0.15) is 18.0 Å². The molecule has 2 fully saturated rings. The largest absolute Gasteiger partial charge is 0.378 e. The molecule has 0 saturated carbocycles. The Morgan fingerprint density at radius 2 is 2.47 bits per heavy atom. The smallest absolute Gasteiger partial charge is 0.142 e. The van der Waals surface area contributed by atoms with Crippen molar-refractivity contribution in [2.75, 3.05) is 33.3 Å². The van der Waals surface area contributed by atoms with Crippen molar-refractivity contribution in [3.8, 4) is 0 Å². The molecule has 2 rings (SSSR count). The van der Waals surface area contributed by atoms with Crippen LogP contribution in [0.25, 0.3) is 0 Å². The first-order chi connectivity index (χ1) is 8.19. The summed E-state index contributed by atoms with van der Waals surface area (Å²) in [4.78, 5) is 13.2. The van der Waals surface area contributed by atoms with Gasteiger partial charge in [0, 0.05) is 33.3 Å². The molecule has 0 aromatic heterocycles. The van der Waals surface area contributed by atoms with E-state index < -0.39 is 11.7 Å². The summed E-state index contributed by atoms with van der Waals surface area (Å²) in [6, 6.07) is 0. The third-order valence-corrected chi connectivity index (χ3v) is 3.63. The van der Waals surface area contributed by atoms with Crippen LogP contribution in [-0.2, 0) is 9.53 Å². The quantitative estimate of drug-likeness (QED) is 0.653. The number of nitrogens with zero attached hydrogens (tertiary/aromatic N) is 1. The number of likely N-dealkylation sites (tertiary alicyclic amines) is 1. The summed E-state index contributed by atoms with van der Waals surface area (Å²) >= 11 is 0. The lowest BCUT2D eigenvalue weighted by Crippen LogP contribution is -2.57. The number of nitrogens with one attached hydrogen (secondary N) is 2. The molecule has 0 aliphatic carbocycles. The predicted molar refractivity (Wildman–Crippen MR) is 61.3 cm³/mol. The number of alkyl halides is 1. The van der Waals surface area contributed by atoms with Crippen LogP contribution in [0.2, 0.25) is 0 Å². The fourth-order valence-electron chi connectivity index (χ4n) is 2.59. The van der Waals surface area contributed by atoms with Gasteiger partial charge in [-0.2, -0.15) is 0 Å². The Morgan fingerprint density at radius 3 is 3.00 bits per heavy atom. The molecule has 0 radical (unpaired) electrons. The number of carbonyl (C=O) groups is 1. The molecule has 0 spiro atoms. The van der Waals surface area contributed by atoms with Crippen LogP contribution < -0.4 is 10.9 Å². The third-order valence-electron chi connectivity index (χ3n) is 3.63. The van der Waals surface area contributed by atoms with E-state index in [-0.39, 0.29) is 6.10 Å². The second kappa shape index (κ2) is 5.39. The van der Waals surface area contributed by atoms with E-state index in [0.29, 0.717) is 19.5 Å². The maximum Gasteiger partial charge on any atom is 0.142 e. The highest BCUT2D eigenvalue weighted by molar-refractivity contribution is 5.65. The molecule has 3 atom stereocenters. The van der Waals surface area contributed by atoms with Gasteiger partial charge in [-0.1, -0.05) is 0 Å². The van der Waals surface area contributed by atoms with E-state index in [1.165, 1.54) is 0 Å². The number of halogens is 1. The SMILES string of the molecule is CO[C@H]1CCN(CC2(C=O)CCNN2)C[C@H]1F. The summed E-state index contributed by atoms with van der Waals surface area (Å²) < 4.78 is 18.8. The highest BCUT2D eigenvalue weighted by atomic mass is 19.1. The molecule has 2 N–H and O–H groups in total. The molecule has 2 aliphatic heterocycles. The van der Waals surface area contributed by atoms with Crippen LogP contribution >= 0.6 is 0 Å². The Bertz CT molecular complexity index is 271. The number of hydrazine groups is 1. The maximum absolute atomic E-state index is 13.7. The molecule has 0 bridgehead atoms. The lowest BCUT2D eigenvalue weighted by atomic mass is 9.96. The van der Waals surface area contributed by atoms with E-state index in [1.807, 2.05) is 4.90 Å². The van der Waals surface area contributed by atoms with Gasteiger partial charge in [0.2, 0.25) is 0 Å². The fraction of sp³-hybridized carbons (Fsp3) is 0.909. The van der Waals surface area contributed by atoms with Crippen molar-refractivity contribution < 1.29 is 13.9 Å². The second-order valence-electron chi connectivity index (χ2n) is 4.89. The van der Waals surface area contributed by atoms with Gasteiger partial charge in [-0.3, -0.25) is 10.3 Å². The molecule has 0 aromatic rings. The Kier molecular flexibility index (Phi) is 4.09. The first-order valence-electron chi connectivity index (χ1n) is 6.05. The van der Waals surface area contributed by atoms with E-state index in [9.17, 15) is 9.18 Å². The van der Waals surface area contributed by atoms with Crippen LogP contribution in [0.3, 0.4) is 0 Å². The summed E-state index contributed by atoms with van der Waals surface area (Å²) in [7, 11) is 1.54. The van der Waals surface area contributed by atoms with E-state index in [4.69, 9.17) is 4.74 Å². The Morgan fingerprint density at radius 1 is 1.65 bits per heavy atom. The fourth-order valence-corrected chi connectivity index (χ4v) is 2.59. The molecule has 6 heteroatoms. The Labute approximate surface area is 101 Å². The highest BCUT2D eigenvalue weighted by Crippen LogP contribution is 2.20. The molecular weight excluding hydrogens is 225 g/mol. The van der Waals surface area contributed by atoms with Crippen molar-refractivity contribution in [1.82, 2.24) is 15.8 Å². The number of ether oxygens (including phenoxy) is 1. The molecule has 5 nitrogen and oxygen atoms in total. The Hall–Kier alpha value is -0.560. The van der Waals surface area contributed by atoms with Crippen LogP contribution in [0.4, 0.5) is 4.39 Å². The van der Waals surface area contributed by atoms with Crippen molar-refractivity contribution in [2.45, 2.75) is 30.7 Å². The van der Waals surface area contributed by atoms with E-state index >= 15 is 0 Å². The summed E-state index contributed by atoms with van der Waals surface area (Å²) in [6.45, 7) is 2.44. The molecule has 0 aromatic carbocycles. The number of piperidine rings is 1. The van der Waals surface area contributed by atoms with Gasteiger partial charge in [0.05, 0.1) is 6.10 Å². The van der Waals surface area contributed by atoms with Crippen LogP contribution in [0.1, 0.15) is 12.8 Å². The van der Waals surface area contributed by atoms with Gasteiger partial charge < -0.3 is 9.53 Å². The number of methoxy groups -OCH3 is 1. The molecule has 0 amide bonds. The van der Waals surface area contributed by atoms with E-state index in [1.54, 1.807) is 7.11 Å². The second-order valence-corrected chi connectivity index (χ2v) is 4.89.